The van der Waals surface area contributed by atoms with Gasteiger partial charge >= 0.3 is 128 Å². The van der Waals surface area contributed by atoms with Gasteiger partial charge in [-0.05, 0) is 0 Å². The van der Waals surface area contributed by atoms with Gasteiger partial charge in [0.1, 0.15) is 0 Å². The van der Waals surface area contributed by atoms with Gasteiger partial charge in [0.2, 0.25) is 0 Å². The van der Waals surface area contributed by atoms with Gasteiger partial charge < -0.3 is 0 Å². The standard InChI is InChI=1S/C16H19NO2.Fe/c1-13(15(18)19-16(2,3)4)17-12-8-11-14-9-6-5-7-10-14;/h5-7,9-10,13,17H,1-4H3;/q;+1. The summed E-state index contributed by atoms with van der Waals surface area (Å²) in [4.78, 5) is 11.8. The summed E-state index contributed by atoms with van der Waals surface area (Å²) in [5.74, 6) is 5.54. The molecule has 0 saturated carbocycles. The van der Waals surface area contributed by atoms with Gasteiger partial charge in [0, 0.05) is 0 Å². The van der Waals surface area contributed by atoms with Crippen LogP contribution in [0, 0.1) is 11.8 Å². The average molecular weight is 313 g/mol. The van der Waals surface area contributed by atoms with E-state index in [0.29, 0.717) is 4.54 Å². The molecule has 4 heteroatoms. The van der Waals surface area contributed by atoms with Gasteiger partial charge in [-0.25, -0.2) is 0 Å². The molecule has 0 radical (unpaired) electrons. The molecule has 0 aromatic heterocycles. The van der Waals surface area contributed by atoms with Gasteiger partial charge in [0.25, 0.3) is 0 Å². The number of hydrogen-bond donors (Lipinski definition) is 1. The SMILES string of the molecule is CC(N[C](=[Fe+])C#Cc1ccccc1)C(=O)OC(C)(C)C. The quantitative estimate of drug-likeness (QED) is 0.527. The van der Waals surface area contributed by atoms with Gasteiger partial charge in [0.05, 0.1) is 0 Å². The zero-order valence-corrected chi connectivity index (χ0v) is 13.2. The van der Waals surface area contributed by atoms with Crippen LogP contribution >= 0.6 is 0 Å². The first-order valence-corrected chi connectivity index (χ1v) is 6.91. The molecule has 1 unspecified atom stereocenters. The Bertz CT molecular complexity index is 535. The van der Waals surface area contributed by atoms with Crippen LogP contribution in [-0.4, -0.2) is 22.2 Å². The summed E-state index contributed by atoms with van der Waals surface area (Å²) in [7, 11) is 0. The van der Waals surface area contributed by atoms with E-state index in [1.807, 2.05) is 51.1 Å². The van der Waals surface area contributed by atoms with Crippen LogP contribution in [0.1, 0.15) is 33.3 Å². The second kappa shape index (κ2) is 7.40. The second-order valence-electron chi connectivity index (χ2n) is 5.32. The Morgan fingerprint density at radius 1 is 1.30 bits per heavy atom. The predicted octanol–water partition coefficient (Wildman–Crippen LogP) is 2.03. The van der Waals surface area contributed by atoms with Crippen LogP contribution in [-0.2, 0) is 25.1 Å². The number of benzene rings is 1. The zero-order chi connectivity index (χ0) is 15.2. The number of ether oxygens (including phenoxy) is 1. The van der Waals surface area contributed by atoms with Crippen molar-refractivity contribution in [2.45, 2.75) is 39.3 Å². The van der Waals surface area contributed by atoms with E-state index < -0.39 is 11.6 Å². The third-order valence-electron chi connectivity index (χ3n) is 2.19. The molecule has 0 aliphatic rings. The third-order valence-corrected chi connectivity index (χ3v) is 2.48. The second-order valence-corrected chi connectivity index (χ2v) is 5.87. The van der Waals surface area contributed by atoms with Crippen molar-refractivity contribution < 1.29 is 25.1 Å². The third kappa shape index (κ3) is 6.68. The molecule has 0 amide bonds. The van der Waals surface area contributed by atoms with Crippen molar-refractivity contribution in [2.75, 3.05) is 0 Å². The minimum atomic E-state index is -0.496. The molecule has 1 atom stereocenters. The van der Waals surface area contributed by atoms with Gasteiger partial charge in [-0.15, -0.1) is 0 Å². The molecule has 1 aromatic carbocycles. The summed E-state index contributed by atoms with van der Waals surface area (Å²) in [6.07, 6.45) is 0. The van der Waals surface area contributed by atoms with E-state index in [0.717, 1.165) is 5.56 Å². The summed E-state index contributed by atoms with van der Waals surface area (Å²) < 4.78 is 5.77. The van der Waals surface area contributed by atoms with Gasteiger partial charge in [-0.3, -0.25) is 0 Å². The minimum absolute atomic E-state index is 0.319. The maximum atomic E-state index is 11.8. The van der Waals surface area contributed by atoms with E-state index in [1.54, 1.807) is 6.92 Å². The Labute approximate surface area is 128 Å². The van der Waals surface area contributed by atoms with Gasteiger partial charge in [-0.2, -0.15) is 0 Å². The monoisotopic (exact) mass is 313 g/mol. The molecule has 0 spiro atoms. The van der Waals surface area contributed by atoms with Crippen molar-refractivity contribution in [3.05, 3.63) is 35.9 Å². The molecule has 1 aromatic rings. The first kappa shape index (κ1) is 16.7. The van der Waals surface area contributed by atoms with E-state index in [2.05, 4.69) is 32.7 Å². The fourth-order valence-corrected chi connectivity index (χ4v) is 1.63. The fourth-order valence-electron chi connectivity index (χ4n) is 1.32. The number of esters is 1. The van der Waals surface area contributed by atoms with Crippen LogP contribution in [0.2, 0.25) is 0 Å². The first-order chi connectivity index (χ1) is 9.28. The number of nitrogens with one attached hydrogen (secondary N) is 1. The molecule has 0 aliphatic carbocycles. The summed E-state index contributed by atoms with van der Waals surface area (Å²) in [6, 6.07) is 9.12. The fraction of sp³-hybridized carbons (Fsp3) is 0.375. The van der Waals surface area contributed by atoms with Crippen molar-refractivity contribution >= 4 is 10.5 Å². The molecular weight excluding hydrogens is 294 g/mol. The first-order valence-electron chi connectivity index (χ1n) is 6.35. The Hall–Kier alpha value is -1.40. The van der Waals surface area contributed by atoms with E-state index >= 15 is 0 Å². The molecule has 107 valence electrons. The number of rotatable bonds is 3. The van der Waals surface area contributed by atoms with Gasteiger partial charge in [-0.1, -0.05) is 0 Å². The maximum absolute atomic E-state index is 11.8. The molecule has 0 bridgehead atoms. The Morgan fingerprint density at radius 2 is 1.90 bits per heavy atom. The van der Waals surface area contributed by atoms with Gasteiger partial charge in [0.15, 0.2) is 0 Å². The number of carbonyl (C=O) groups is 1. The molecule has 0 aliphatic heterocycles. The summed E-state index contributed by atoms with van der Waals surface area (Å²) in [5.41, 5.74) is 0.407. The van der Waals surface area contributed by atoms with E-state index in [9.17, 15) is 4.79 Å². The molecule has 0 saturated heterocycles. The molecule has 0 heterocycles. The van der Waals surface area contributed by atoms with Crippen molar-refractivity contribution in [3.63, 3.8) is 0 Å². The van der Waals surface area contributed by atoms with Crippen LogP contribution in [0.25, 0.3) is 0 Å². The van der Waals surface area contributed by atoms with Crippen LogP contribution in [0.15, 0.2) is 30.3 Å². The number of carbonyl (C=O) groups excluding carboxylic acids is 1. The normalized spacial score (nSPS) is 12.0. The van der Waals surface area contributed by atoms with Crippen LogP contribution in [0.4, 0.5) is 0 Å². The Kier molecular flexibility index (Phi) is 6.16. The van der Waals surface area contributed by atoms with E-state index in [1.165, 1.54) is 0 Å². The van der Waals surface area contributed by atoms with Crippen LogP contribution in [0.3, 0.4) is 0 Å². The van der Waals surface area contributed by atoms with E-state index in [-0.39, 0.29) is 5.97 Å². The summed E-state index contributed by atoms with van der Waals surface area (Å²) in [6.45, 7) is 7.23. The molecule has 3 nitrogen and oxygen atoms in total. The van der Waals surface area contributed by atoms with Crippen molar-refractivity contribution in [1.29, 1.82) is 0 Å². The van der Waals surface area contributed by atoms with E-state index in [4.69, 9.17) is 4.74 Å². The summed E-state index contributed by atoms with van der Waals surface area (Å²) >= 11 is 3.80. The van der Waals surface area contributed by atoms with Crippen LogP contribution in [0.5, 0.6) is 0 Å². The molecule has 0 fully saturated rings. The van der Waals surface area contributed by atoms with Crippen LogP contribution < -0.4 is 5.32 Å². The average Bonchev–Trinajstić information content (AvgIpc) is 2.35. The number of hydrogen-bond acceptors (Lipinski definition) is 3. The Balaban J connectivity index is 2.55. The van der Waals surface area contributed by atoms with Crippen molar-refractivity contribution in [3.8, 4) is 11.8 Å². The predicted molar refractivity (Wildman–Crippen MR) is 76.8 cm³/mol. The molecule has 1 rings (SSSR count). The molecule has 1 N–H and O–H groups in total. The topological polar surface area (TPSA) is 38.3 Å². The Morgan fingerprint density at radius 3 is 2.45 bits per heavy atom. The van der Waals surface area contributed by atoms with Crippen molar-refractivity contribution in [2.24, 2.45) is 0 Å². The molecule has 20 heavy (non-hydrogen) atoms. The van der Waals surface area contributed by atoms with Crippen molar-refractivity contribution in [1.82, 2.24) is 5.32 Å². The molecular formula is C16H19FeNO2+. The zero-order valence-electron chi connectivity index (χ0n) is 12.1. The summed E-state index contributed by atoms with van der Waals surface area (Å²) in [5, 5.41) is 2.93.